The lowest BCUT2D eigenvalue weighted by atomic mass is 10.2. The minimum Gasteiger partial charge on any atom is -0.394 e. The van der Waals surface area contributed by atoms with Gasteiger partial charge in [-0.1, -0.05) is 0 Å². The fraction of sp³-hybridized carbons (Fsp3) is 0.500. The molecular weight excluding hydrogens is 252 g/mol. The van der Waals surface area contributed by atoms with Gasteiger partial charge < -0.3 is 10.0 Å². The van der Waals surface area contributed by atoms with Gasteiger partial charge in [0.15, 0.2) is 0 Å². The average molecular weight is 272 g/mol. The van der Waals surface area contributed by atoms with Crippen molar-refractivity contribution in [2.24, 2.45) is 0 Å². The van der Waals surface area contributed by atoms with Crippen molar-refractivity contribution >= 4 is 15.7 Å². The molecule has 0 amide bonds. The number of hydrogen-bond acceptors (Lipinski definition) is 4. The van der Waals surface area contributed by atoms with Gasteiger partial charge in [-0.25, -0.2) is 12.7 Å². The van der Waals surface area contributed by atoms with E-state index in [0.717, 1.165) is 5.69 Å². The average Bonchev–Trinajstić information content (AvgIpc) is 2.36. The third-order valence-corrected chi connectivity index (χ3v) is 4.78. The number of rotatable bonds is 5. The zero-order valence-electron chi connectivity index (χ0n) is 11.2. The van der Waals surface area contributed by atoms with Crippen LogP contribution >= 0.6 is 0 Å². The van der Waals surface area contributed by atoms with E-state index in [2.05, 4.69) is 0 Å². The number of hydrogen-bond donors (Lipinski definition) is 1. The summed E-state index contributed by atoms with van der Waals surface area (Å²) in [6, 6.07) is 6.61. The first-order valence-corrected chi connectivity index (χ1v) is 7.11. The Morgan fingerprint density at radius 3 is 2.06 bits per heavy atom. The highest BCUT2D eigenvalue weighted by molar-refractivity contribution is 7.89. The summed E-state index contributed by atoms with van der Waals surface area (Å²) in [5.41, 5.74) is 0.870. The second-order valence-corrected chi connectivity index (χ2v) is 6.58. The van der Waals surface area contributed by atoms with E-state index in [0.29, 0.717) is 0 Å². The van der Waals surface area contributed by atoms with Gasteiger partial charge in [0.1, 0.15) is 0 Å². The number of likely N-dealkylation sites (N-methyl/N-ethyl adjacent to an activating group) is 1. The lowest BCUT2D eigenvalue weighted by Crippen LogP contribution is -2.31. The first-order chi connectivity index (χ1) is 8.30. The van der Waals surface area contributed by atoms with Crippen molar-refractivity contribution in [3.63, 3.8) is 0 Å². The van der Waals surface area contributed by atoms with Crippen molar-refractivity contribution in [2.45, 2.75) is 17.9 Å². The van der Waals surface area contributed by atoms with E-state index in [4.69, 9.17) is 5.11 Å². The van der Waals surface area contributed by atoms with E-state index < -0.39 is 10.0 Å². The molecule has 1 N–H and O–H groups in total. The minimum atomic E-state index is -3.38. The molecule has 5 nitrogen and oxygen atoms in total. The topological polar surface area (TPSA) is 60.9 Å². The molecule has 1 aromatic carbocycles. The first-order valence-electron chi connectivity index (χ1n) is 5.67. The van der Waals surface area contributed by atoms with Gasteiger partial charge in [-0.3, -0.25) is 0 Å². The molecule has 18 heavy (non-hydrogen) atoms. The van der Waals surface area contributed by atoms with Gasteiger partial charge in [0, 0.05) is 32.9 Å². The van der Waals surface area contributed by atoms with Crippen molar-refractivity contribution < 1.29 is 13.5 Å². The Hall–Kier alpha value is -1.11. The lowest BCUT2D eigenvalue weighted by molar-refractivity contribution is 0.270. The largest absolute Gasteiger partial charge is 0.394 e. The van der Waals surface area contributed by atoms with E-state index in [1.165, 1.54) is 18.4 Å². The van der Waals surface area contributed by atoms with E-state index in [-0.39, 0.29) is 17.5 Å². The van der Waals surface area contributed by atoms with Crippen LogP contribution in [0.15, 0.2) is 29.2 Å². The second-order valence-electron chi connectivity index (χ2n) is 4.42. The predicted molar refractivity (Wildman–Crippen MR) is 72.3 cm³/mol. The van der Waals surface area contributed by atoms with Crippen LogP contribution in [0.1, 0.15) is 6.92 Å². The summed E-state index contributed by atoms with van der Waals surface area (Å²) in [6.45, 7) is 1.94. The Labute approximate surface area is 109 Å². The van der Waals surface area contributed by atoms with Crippen LogP contribution in [-0.4, -0.2) is 51.6 Å². The molecule has 1 atom stereocenters. The van der Waals surface area contributed by atoms with Crippen molar-refractivity contribution in [3.05, 3.63) is 24.3 Å². The maximum Gasteiger partial charge on any atom is 0.242 e. The van der Waals surface area contributed by atoms with Gasteiger partial charge in [-0.05, 0) is 31.2 Å². The molecule has 0 aliphatic heterocycles. The van der Waals surface area contributed by atoms with Crippen LogP contribution in [0, 0.1) is 0 Å². The van der Waals surface area contributed by atoms with Crippen LogP contribution in [0.5, 0.6) is 0 Å². The lowest BCUT2D eigenvalue weighted by Gasteiger charge is -2.25. The molecule has 6 heteroatoms. The molecule has 1 rings (SSSR count). The highest BCUT2D eigenvalue weighted by atomic mass is 32.2. The summed E-state index contributed by atoms with van der Waals surface area (Å²) in [4.78, 5) is 2.16. The van der Waals surface area contributed by atoms with Crippen LogP contribution in [0.3, 0.4) is 0 Å². The molecule has 0 heterocycles. The number of aliphatic hydroxyl groups is 1. The summed E-state index contributed by atoms with van der Waals surface area (Å²) in [7, 11) is 1.48. The molecule has 0 aromatic heterocycles. The van der Waals surface area contributed by atoms with Gasteiger partial charge in [0.25, 0.3) is 0 Å². The van der Waals surface area contributed by atoms with Gasteiger partial charge >= 0.3 is 0 Å². The van der Waals surface area contributed by atoms with Crippen molar-refractivity contribution in [1.29, 1.82) is 0 Å². The fourth-order valence-electron chi connectivity index (χ4n) is 1.44. The van der Waals surface area contributed by atoms with Crippen LogP contribution in [-0.2, 0) is 10.0 Å². The van der Waals surface area contributed by atoms with Gasteiger partial charge in [-0.2, -0.15) is 0 Å². The van der Waals surface area contributed by atoms with E-state index in [1.807, 2.05) is 18.9 Å². The fourth-order valence-corrected chi connectivity index (χ4v) is 2.34. The Morgan fingerprint density at radius 2 is 1.67 bits per heavy atom. The zero-order chi connectivity index (χ0) is 13.9. The van der Waals surface area contributed by atoms with E-state index in [1.54, 1.807) is 24.3 Å². The number of nitrogens with zero attached hydrogens (tertiary/aromatic N) is 2. The smallest absolute Gasteiger partial charge is 0.242 e. The molecule has 0 saturated heterocycles. The van der Waals surface area contributed by atoms with Crippen LogP contribution < -0.4 is 4.90 Å². The van der Waals surface area contributed by atoms with Gasteiger partial charge in [0.05, 0.1) is 11.5 Å². The number of aliphatic hydroxyl groups excluding tert-OH is 1. The summed E-state index contributed by atoms with van der Waals surface area (Å²) in [6.07, 6.45) is 0. The normalized spacial score (nSPS) is 13.7. The molecule has 0 saturated carbocycles. The Balaban J connectivity index is 3.01. The number of sulfonamides is 1. The molecule has 0 spiro atoms. The molecule has 102 valence electrons. The Kier molecular flexibility index (Phi) is 4.72. The molecule has 0 aliphatic rings. The molecule has 0 bridgehead atoms. The van der Waals surface area contributed by atoms with Crippen LogP contribution in [0.2, 0.25) is 0 Å². The first kappa shape index (κ1) is 14.9. The van der Waals surface area contributed by atoms with E-state index in [9.17, 15) is 8.42 Å². The maximum atomic E-state index is 11.9. The molecule has 0 aliphatic carbocycles. The molecule has 1 unspecified atom stereocenters. The Bertz CT molecular complexity index is 483. The Morgan fingerprint density at radius 1 is 1.17 bits per heavy atom. The number of anilines is 1. The standard InChI is InChI=1S/C12H20N2O3S/c1-10(9-15)14(4)11-5-7-12(8-6-11)18(16,17)13(2)3/h5-8,10,15H,9H2,1-4H3. The van der Waals surface area contributed by atoms with Crippen molar-refractivity contribution in [1.82, 2.24) is 4.31 Å². The zero-order valence-corrected chi connectivity index (χ0v) is 12.0. The summed E-state index contributed by atoms with van der Waals surface area (Å²) in [5.74, 6) is 0. The molecule has 0 radical (unpaired) electrons. The van der Waals surface area contributed by atoms with Gasteiger partial charge in [-0.15, -0.1) is 0 Å². The minimum absolute atomic E-state index is 0.0127. The second kappa shape index (κ2) is 5.69. The monoisotopic (exact) mass is 272 g/mol. The number of benzene rings is 1. The summed E-state index contributed by atoms with van der Waals surface area (Å²) < 4.78 is 24.9. The van der Waals surface area contributed by atoms with Crippen LogP contribution in [0.4, 0.5) is 5.69 Å². The van der Waals surface area contributed by atoms with Crippen molar-refractivity contribution in [2.75, 3.05) is 32.6 Å². The quantitative estimate of drug-likeness (QED) is 0.859. The predicted octanol–water partition coefficient (Wildman–Crippen LogP) is 0.754. The highest BCUT2D eigenvalue weighted by Gasteiger charge is 2.17. The third-order valence-electron chi connectivity index (χ3n) is 2.95. The summed E-state index contributed by atoms with van der Waals surface area (Å²) in [5, 5.41) is 9.08. The molecule has 0 fully saturated rings. The third kappa shape index (κ3) is 3.01. The maximum absolute atomic E-state index is 11.9. The molecular formula is C12H20N2O3S. The SMILES string of the molecule is CC(CO)N(C)c1ccc(S(=O)(=O)N(C)C)cc1. The van der Waals surface area contributed by atoms with Crippen molar-refractivity contribution in [3.8, 4) is 0 Å². The van der Waals surface area contributed by atoms with Gasteiger partial charge in [0.2, 0.25) is 10.0 Å². The van der Waals surface area contributed by atoms with E-state index >= 15 is 0 Å². The highest BCUT2D eigenvalue weighted by Crippen LogP contribution is 2.20. The van der Waals surface area contributed by atoms with Crippen LogP contribution in [0.25, 0.3) is 0 Å². The summed E-state index contributed by atoms with van der Waals surface area (Å²) >= 11 is 0. The molecule has 1 aromatic rings.